The Balaban J connectivity index is 1.62. The molecule has 6 nitrogen and oxygen atoms in total. The van der Waals surface area contributed by atoms with E-state index in [1.807, 2.05) is 39.0 Å². The fourth-order valence-electron chi connectivity index (χ4n) is 2.92. The summed E-state index contributed by atoms with van der Waals surface area (Å²) in [6, 6.07) is 13.8. The largest absolute Gasteiger partial charge is 0.451 e. The van der Waals surface area contributed by atoms with Gasteiger partial charge in [-0.1, -0.05) is 30.3 Å². The highest BCUT2D eigenvalue weighted by Crippen LogP contribution is 2.16. The number of rotatable bonds is 5. The van der Waals surface area contributed by atoms with Gasteiger partial charge in [0, 0.05) is 17.0 Å². The van der Waals surface area contributed by atoms with Gasteiger partial charge in [0.25, 0.3) is 5.91 Å². The number of H-pyrrole nitrogens is 1. The maximum Gasteiger partial charge on any atom is 0.355 e. The van der Waals surface area contributed by atoms with Crippen LogP contribution in [0.4, 0.5) is 0 Å². The van der Waals surface area contributed by atoms with E-state index in [0.29, 0.717) is 10.9 Å². The van der Waals surface area contributed by atoms with Crippen molar-refractivity contribution >= 4 is 22.8 Å². The van der Waals surface area contributed by atoms with E-state index in [4.69, 9.17) is 4.74 Å². The van der Waals surface area contributed by atoms with Crippen molar-refractivity contribution in [1.82, 2.24) is 10.3 Å². The third-order valence-electron chi connectivity index (χ3n) is 4.70. The molecule has 28 heavy (non-hydrogen) atoms. The second kappa shape index (κ2) is 8.08. The van der Waals surface area contributed by atoms with Crippen LogP contribution < -0.4 is 10.7 Å². The molecular weight excluding hydrogens is 356 g/mol. The molecule has 0 spiro atoms. The number of pyridine rings is 1. The topological polar surface area (TPSA) is 88.3 Å². The number of nitrogens with one attached hydrogen (secondary N) is 2. The number of carbonyl (C=O) groups is 2. The van der Waals surface area contributed by atoms with Crippen LogP contribution in [-0.4, -0.2) is 23.5 Å². The number of amides is 1. The highest BCUT2D eigenvalue weighted by atomic mass is 16.5. The number of hydrogen-bond acceptors (Lipinski definition) is 4. The number of benzene rings is 2. The Kier molecular flexibility index (Phi) is 5.59. The molecule has 144 valence electrons. The quantitative estimate of drug-likeness (QED) is 0.668. The van der Waals surface area contributed by atoms with Crippen molar-refractivity contribution in [3.63, 3.8) is 0 Å². The van der Waals surface area contributed by atoms with E-state index < -0.39 is 18.5 Å². The fraction of sp³-hybridized carbons (Fsp3) is 0.227. The molecule has 3 rings (SSSR count). The van der Waals surface area contributed by atoms with Crippen LogP contribution in [0.15, 0.2) is 53.3 Å². The molecule has 1 aromatic heterocycles. The second-order valence-corrected chi connectivity index (χ2v) is 6.80. The molecule has 2 aromatic carbocycles. The Bertz CT molecular complexity index is 1100. The summed E-state index contributed by atoms with van der Waals surface area (Å²) in [6.45, 7) is 5.48. The van der Waals surface area contributed by atoms with Crippen molar-refractivity contribution in [2.75, 3.05) is 6.61 Å². The molecule has 0 aliphatic carbocycles. The predicted molar refractivity (Wildman–Crippen MR) is 107 cm³/mol. The van der Waals surface area contributed by atoms with E-state index in [0.717, 1.165) is 11.1 Å². The fourth-order valence-corrected chi connectivity index (χ4v) is 2.92. The predicted octanol–water partition coefficient (Wildman–Crippen LogP) is 3.18. The van der Waals surface area contributed by atoms with Gasteiger partial charge in [0.2, 0.25) is 0 Å². The van der Waals surface area contributed by atoms with Crippen molar-refractivity contribution in [2.45, 2.75) is 26.8 Å². The first-order valence-electron chi connectivity index (χ1n) is 9.01. The summed E-state index contributed by atoms with van der Waals surface area (Å²) in [4.78, 5) is 39.3. The van der Waals surface area contributed by atoms with Crippen LogP contribution in [0.25, 0.3) is 10.9 Å². The minimum atomic E-state index is -0.753. The number of para-hydroxylation sites is 1. The summed E-state index contributed by atoms with van der Waals surface area (Å²) < 4.78 is 5.05. The summed E-state index contributed by atoms with van der Waals surface area (Å²) >= 11 is 0. The highest BCUT2D eigenvalue weighted by Gasteiger charge is 2.15. The first-order chi connectivity index (χ1) is 13.3. The van der Waals surface area contributed by atoms with Gasteiger partial charge in [0.05, 0.1) is 6.04 Å². The van der Waals surface area contributed by atoms with Crippen LogP contribution in [0, 0.1) is 13.8 Å². The number of aromatic nitrogens is 1. The molecule has 0 saturated carbocycles. The van der Waals surface area contributed by atoms with Gasteiger partial charge in [-0.15, -0.1) is 0 Å². The zero-order valence-electron chi connectivity index (χ0n) is 16.0. The van der Waals surface area contributed by atoms with Crippen LogP contribution in [0.2, 0.25) is 0 Å². The van der Waals surface area contributed by atoms with Crippen molar-refractivity contribution < 1.29 is 14.3 Å². The monoisotopic (exact) mass is 378 g/mol. The number of carbonyl (C=O) groups excluding carboxylic acids is 2. The molecular formula is C22H22N2O4. The lowest BCUT2D eigenvalue weighted by Gasteiger charge is -2.15. The van der Waals surface area contributed by atoms with E-state index in [2.05, 4.69) is 10.3 Å². The van der Waals surface area contributed by atoms with Crippen LogP contribution >= 0.6 is 0 Å². The SMILES string of the molecule is Cc1ccc([C@H](C)NC(=O)COC(=O)c2cc(=O)c3ccccc3[nH]2)cc1C. The van der Waals surface area contributed by atoms with Gasteiger partial charge in [0.15, 0.2) is 12.0 Å². The summed E-state index contributed by atoms with van der Waals surface area (Å²) in [5.41, 5.74) is 3.56. The normalized spacial score (nSPS) is 11.8. The zero-order chi connectivity index (χ0) is 20.3. The number of fused-ring (bicyclic) bond motifs is 1. The van der Waals surface area contributed by atoms with Crippen molar-refractivity contribution in [2.24, 2.45) is 0 Å². The highest BCUT2D eigenvalue weighted by molar-refractivity contribution is 5.92. The number of aryl methyl sites for hydroxylation is 2. The second-order valence-electron chi connectivity index (χ2n) is 6.80. The molecule has 0 bridgehead atoms. The summed E-state index contributed by atoms with van der Waals surface area (Å²) in [7, 11) is 0. The van der Waals surface area contributed by atoms with Gasteiger partial charge in [-0.2, -0.15) is 0 Å². The third kappa shape index (κ3) is 4.28. The lowest BCUT2D eigenvalue weighted by molar-refractivity contribution is -0.124. The number of esters is 1. The first-order valence-corrected chi connectivity index (χ1v) is 9.01. The van der Waals surface area contributed by atoms with Gasteiger partial charge in [-0.05, 0) is 49.6 Å². The molecule has 3 aromatic rings. The van der Waals surface area contributed by atoms with Gasteiger partial charge < -0.3 is 15.0 Å². The standard InChI is InChI=1S/C22H22N2O4/c1-13-8-9-16(10-14(13)2)15(3)23-21(26)12-28-22(27)19-11-20(25)17-6-4-5-7-18(17)24-19/h4-11,15H,12H2,1-3H3,(H,23,26)(H,24,25)/t15-/m0/s1. The number of aromatic amines is 1. The molecule has 2 N–H and O–H groups in total. The van der Waals surface area contributed by atoms with Crippen LogP contribution in [0.5, 0.6) is 0 Å². The van der Waals surface area contributed by atoms with Gasteiger partial charge in [-0.3, -0.25) is 9.59 Å². The van der Waals surface area contributed by atoms with Crippen LogP contribution in [0.1, 0.15) is 40.1 Å². The van der Waals surface area contributed by atoms with E-state index in [-0.39, 0.29) is 17.2 Å². The summed E-state index contributed by atoms with van der Waals surface area (Å²) in [6.07, 6.45) is 0. The molecule has 0 radical (unpaired) electrons. The molecule has 0 aliphatic rings. The Labute approximate surface area is 162 Å². The minimum absolute atomic E-state index is 0.0127. The third-order valence-corrected chi connectivity index (χ3v) is 4.70. The molecule has 1 heterocycles. The van der Waals surface area contributed by atoms with Crippen molar-refractivity contribution in [1.29, 1.82) is 0 Å². The van der Waals surface area contributed by atoms with Crippen LogP contribution in [-0.2, 0) is 9.53 Å². The molecule has 0 aliphatic heterocycles. The van der Waals surface area contributed by atoms with Gasteiger partial charge >= 0.3 is 5.97 Å². The molecule has 1 amide bonds. The maximum atomic E-state index is 12.2. The first kappa shape index (κ1) is 19.4. The molecule has 0 saturated heterocycles. The molecule has 6 heteroatoms. The van der Waals surface area contributed by atoms with Crippen LogP contribution in [0.3, 0.4) is 0 Å². The maximum absolute atomic E-state index is 12.2. The average Bonchev–Trinajstić information content (AvgIpc) is 2.68. The summed E-state index contributed by atoms with van der Waals surface area (Å²) in [5, 5.41) is 3.29. The Morgan fingerprint density at radius 3 is 2.57 bits per heavy atom. The smallest absolute Gasteiger partial charge is 0.355 e. The van der Waals surface area contributed by atoms with E-state index in [1.165, 1.54) is 11.6 Å². The lowest BCUT2D eigenvalue weighted by atomic mass is 10.0. The summed E-state index contributed by atoms with van der Waals surface area (Å²) in [5.74, 6) is -1.17. The average molecular weight is 378 g/mol. The Morgan fingerprint density at radius 2 is 1.82 bits per heavy atom. The molecule has 1 atom stereocenters. The van der Waals surface area contributed by atoms with Gasteiger partial charge in [-0.25, -0.2) is 4.79 Å². The van der Waals surface area contributed by atoms with Crippen molar-refractivity contribution in [3.8, 4) is 0 Å². The zero-order valence-corrected chi connectivity index (χ0v) is 16.0. The van der Waals surface area contributed by atoms with Crippen molar-refractivity contribution in [3.05, 3.63) is 81.1 Å². The lowest BCUT2D eigenvalue weighted by Crippen LogP contribution is -2.31. The minimum Gasteiger partial charge on any atom is -0.451 e. The molecule has 0 unspecified atom stereocenters. The molecule has 0 fully saturated rings. The van der Waals surface area contributed by atoms with E-state index >= 15 is 0 Å². The Hall–Kier alpha value is -3.41. The van der Waals surface area contributed by atoms with Gasteiger partial charge in [0.1, 0.15) is 5.69 Å². The Morgan fingerprint density at radius 1 is 1.07 bits per heavy atom. The van der Waals surface area contributed by atoms with E-state index in [1.54, 1.807) is 24.3 Å². The number of hydrogen-bond donors (Lipinski definition) is 2. The van der Waals surface area contributed by atoms with E-state index in [9.17, 15) is 14.4 Å². The number of ether oxygens (including phenoxy) is 1.